The van der Waals surface area contributed by atoms with Gasteiger partial charge in [-0.05, 0) is 45.9 Å². The van der Waals surface area contributed by atoms with E-state index in [2.05, 4.69) is 109 Å². The minimum atomic E-state index is 0.110. The van der Waals surface area contributed by atoms with Crippen molar-refractivity contribution in [2.45, 2.75) is 72.6 Å². The molecule has 0 unspecified atom stereocenters. The van der Waals surface area contributed by atoms with Crippen LogP contribution in [0.5, 0.6) is 0 Å². The van der Waals surface area contributed by atoms with Crippen LogP contribution >= 0.6 is 0 Å². The molecule has 0 heterocycles. The van der Waals surface area contributed by atoms with Crippen LogP contribution in [-0.2, 0) is 10.8 Å². The van der Waals surface area contributed by atoms with Crippen LogP contribution in [0.3, 0.4) is 0 Å². The highest BCUT2D eigenvalue weighted by atomic mass is 14.9. The summed E-state index contributed by atoms with van der Waals surface area (Å²) in [4.78, 5) is 0. The second-order valence-corrected chi connectivity index (χ2v) is 10.1. The first kappa shape index (κ1) is 19.6. The molecule has 25 heavy (non-hydrogen) atoms. The van der Waals surface area contributed by atoms with Gasteiger partial charge in [0.1, 0.15) is 0 Å². The smallest absolute Gasteiger partial charge is 0.0422 e. The second kappa shape index (κ2) is 6.86. The van der Waals surface area contributed by atoms with Crippen molar-refractivity contribution in [3.05, 3.63) is 59.7 Å². The summed E-state index contributed by atoms with van der Waals surface area (Å²) >= 11 is 0. The third-order valence-electron chi connectivity index (χ3n) is 4.63. The Bertz CT molecular complexity index is 711. The molecule has 0 radical (unpaired) electrons. The predicted molar refractivity (Wildman–Crippen MR) is 112 cm³/mol. The average molecular weight is 338 g/mol. The van der Waals surface area contributed by atoms with E-state index in [0.29, 0.717) is 5.41 Å². The van der Waals surface area contributed by atoms with Gasteiger partial charge in [0.2, 0.25) is 0 Å². The van der Waals surface area contributed by atoms with Crippen LogP contribution in [0.4, 0.5) is 11.4 Å². The molecule has 136 valence electrons. The van der Waals surface area contributed by atoms with Crippen molar-refractivity contribution in [3.63, 3.8) is 0 Å². The molecule has 2 aromatic carbocycles. The SMILES string of the molecule is CC(C)(C)CC(C)(C)c1ccccc1Nc1ccccc1C(C)(C)C. The molecule has 0 fully saturated rings. The standard InChI is InChI=1S/C24H35N/c1-22(2,3)17-24(7,8)19-14-10-12-16-21(19)25-20-15-11-9-13-18(20)23(4,5)6/h9-16,25H,17H2,1-8H3. The molecule has 1 heteroatoms. The van der Waals surface area contributed by atoms with Crippen molar-refractivity contribution in [2.75, 3.05) is 5.32 Å². The molecule has 0 bridgehead atoms. The molecular formula is C24H35N. The first-order valence-corrected chi connectivity index (χ1v) is 9.36. The van der Waals surface area contributed by atoms with E-state index in [9.17, 15) is 0 Å². The molecular weight excluding hydrogens is 302 g/mol. The van der Waals surface area contributed by atoms with E-state index in [1.165, 1.54) is 22.5 Å². The predicted octanol–water partition coefficient (Wildman–Crippen LogP) is 7.44. The van der Waals surface area contributed by atoms with E-state index in [0.717, 1.165) is 6.42 Å². The number of anilines is 2. The normalized spacial score (nSPS) is 13.0. The molecule has 0 saturated carbocycles. The summed E-state index contributed by atoms with van der Waals surface area (Å²) in [7, 11) is 0. The van der Waals surface area contributed by atoms with Crippen LogP contribution in [0.1, 0.15) is 72.9 Å². The van der Waals surface area contributed by atoms with Gasteiger partial charge in [0.05, 0.1) is 0 Å². The number of hydrogen-bond donors (Lipinski definition) is 1. The highest BCUT2D eigenvalue weighted by Crippen LogP contribution is 2.41. The van der Waals surface area contributed by atoms with Crippen molar-refractivity contribution in [3.8, 4) is 0 Å². The Morgan fingerprint density at radius 1 is 0.640 bits per heavy atom. The Labute approximate surface area is 154 Å². The molecule has 2 rings (SSSR count). The minimum Gasteiger partial charge on any atom is -0.355 e. The van der Waals surface area contributed by atoms with E-state index in [4.69, 9.17) is 0 Å². The van der Waals surface area contributed by atoms with Gasteiger partial charge in [-0.25, -0.2) is 0 Å². The fourth-order valence-corrected chi connectivity index (χ4v) is 3.99. The summed E-state index contributed by atoms with van der Waals surface area (Å²) in [5.74, 6) is 0. The van der Waals surface area contributed by atoms with Crippen LogP contribution in [0.2, 0.25) is 0 Å². The molecule has 0 atom stereocenters. The lowest BCUT2D eigenvalue weighted by atomic mass is 9.72. The molecule has 0 saturated heterocycles. The Balaban J connectivity index is 2.44. The molecule has 0 aliphatic carbocycles. The Kier molecular flexibility index (Phi) is 5.37. The lowest BCUT2D eigenvalue weighted by Crippen LogP contribution is -2.25. The van der Waals surface area contributed by atoms with Gasteiger partial charge >= 0.3 is 0 Å². The highest BCUT2D eigenvalue weighted by molar-refractivity contribution is 5.68. The van der Waals surface area contributed by atoms with E-state index in [-0.39, 0.29) is 10.8 Å². The zero-order chi connectivity index (χ0) is 18.9. The van der Waals surface area contributed by atoms with Crippen LogP contribution in [-0.4, -0.2) is 0 Å². The van der Waals surface area contributed by atoms with Crippen molar-refractivity contribution in [1.82, 2.24) is 0 Å². The quantitative estimate of drug-likeness (QED) is 0.611. The van der Waals surface area contributed by atoms with E-state index >= 15 is 0 Å². The summed E-state index contributed by atoms with van der Waals surface area (Å²) in [5, 5.41) is 3.74. The van der Waals surface area contributed by atoms with Gasteiger partial charge in [-0.3, -0.25) is 0 Å². The number of benzene rings is 2. The second-order valence-electron chi connectivity index (χ2n) is 10.1. The maximum Gasteiger partial charge on any atom is 0.0422 e. The molecule has 1 nitrogen and oxygen atoms in total. The Hall–Kier alpha value is -1.76. The number of nitrogens with one attached hydrogen (secondary N) is 1. The van der Waals surface area contributed by atoms with Crippen LogP contribution in [0.25, 0.3) is 0 Å². The van der Waals surface area contributed by atoms with E-state index < -0.39 is 0 Å². The van der Waals surface area contributed by atoms with Gasteiger partial charge in [0.15, 0.2) is 0 Å². The molecule has 2 aromatic rings. The van der Waals surface area contributed by atoms with Crippen LogP contribution < -0.4 is 5.32 Å². The van der Waals surface area contributed by atoms with Gasteiger partial charge in [0.25, 0.3) is 0 Å². The third kappa shape index (κ3) is 5.11. The summed E-state index contributed by atoms with van der Waals surface area (Å²) in [6, 6.07) is 17.4. The average Bonchev–Trinajstić information content (AvgIpc) is 2.44. The Morgan fingerprint density at radius 2 is 1.08 bits per heavy atom. The molecule has 0 aromatic heterocycles. The van der Waals surface area contributed by atoms with Crippen LogP contribution in [0.15, 0.2) is 48.5 Å². The number of rotatable bonds is 4. The summed E-state index contributed by atoms with van der Waals surface area (Å²) in [6.45, 7) is 18.5. The zero-order valence-electron chi connectivity index (χ0n) is 17.3. The lowest BCUT2D eigenvalue weighted by molar-refractivity contribution is 0.284. The van der Waals surface area contributed by atoms with Gasteiger partial charge < -0.3 is 5.32 Å². The zero-order valence-corrected chi connectivity index (χ0v) is 17.3. The monoisotopic (exact) mass is 337 g/mol. The van der Waals surface area contributed by atoms with Gasteiger partial charge in [-0.15, -0.1) is 0 Å². The topological polar surface area (TPSA) is 12.0 Å². The first-order valence-electron chi connectivity index (χ1n) is 9.36. The van der Waals surface area contributed by atoms with Crippen LogP contribution in [0, 0.1) is 5.41 Å². The van der Waals surface area contributed by atoms with E-state index in [1.54, 1.807) is 0 Å². The molecule has 1 N–H and O–H groups in total. The molecule has 0 aliphatic heterocycles. The third-order valence-corrected chi connectivity index (χ3v) is 4.63. The molecule has 0 aliphatic rings. The van der Waals surface area contributed by atoms with Crippen molar-refractivity contribution in [1.29, 1.82) is 0 Å². The number of para-hydroxylation sites is 2. The van der Waals surface area contributed by atoms with Gasteiger partial charge in [-0.2, -0.15) is 0 Å². The van der Waals surface area contributed by atoms with E-state index in [1.807, 2.05) is 0 Å². The largest absolute Gasteiger partial charge is 0.355 e. The first-order chi connectivity index (χ1) is 11.4. The maximum atomic E-state index is 3.74. The summed E-state index contributed by atoms with van der Waals surface area (Å²) in [5.41, 5.74) is 5.66. The maximum absolute atomic E-state index is 3.74. The molecule has 0 amide bonds. The summed E-state index contributed by atoms with van der Waals surface area (Å²) < 4.78 is 0. The minimum absolute atomic E-state index is 0.110. The fraction of sp³-hybridized carbons (Fsp3) is 0.500. The fourth-order valence-electron chi connectivity index (χ4n) is 3.99. The number of hydrogen-bond acceptors (Lipinski definition) is 1. The van der Waals surface area contributed by atoms with Crippen molar-refractivity contribution >= 4 is 11.4 Å². The van der Waals surface area contributed by atoms with Gasteiger partial charge in [-0.1, -0.05) is 91.8 Å². The lowest BCUT2D eigenvalue weighted by Gasteiger charge is -2.35. The molecule has 0 spiro atoms. The highest BCUT2D eigenvalue weighted by Gasteiger charge is 2.29. The van der Waals surface area contributed by atoms with Crippen molar-refractivity contribution in [2.24, 2.45) is 5.41 Å². The van der Waals surface area contributed by atoms with Crippen molar-refractivity contribution < 1.29 is 0 Å². The Morgan fingerprint density at radius 3 is 1.56 bits per heavy atom. The van der Waals surface area contributed by atoms with Gasteiger partial charge in [0, 0.05) is 11.4 Å². The summed E-state index contributed by atoms with van der Waals surface area (Å²) in [6.07, 6.45) is 1.14.